The van der Waals surface area contributed by atoms with E-state index in [2.05, 4.69) is 54.8 Å². The fourth-order valence-electron chi connectivity index (χ4n) is 3.06. The van der Waals surface area contributed by atoms with E-state index >= 15 is 0 Å². The van der Waals surface area contributed by atoms with Crippen molar-refractivity contribution in [1.82, 2.24) is 14.7 Å². The summed E-state index contributed by atoms with van der Waals surface area (Å²) in [5.74, 6) is 0. The largest absolute Gasteiger partial charge is 0.291 e. The summed E-state index contributed by atoms with van der Waals surface area (Å²) in [6, 6.07) is 5.48. The molecule has 1 saturated heterocycles. The summed E-state index contributed by atoms with van der Waals surface area (Å²) in [6.07, 6.45) is 1.29. The Morgan fingerprint density at radius 1 is 1.40 bits per heavy atom. The van der Waals surface area contributed by atoms with Crippen molar-refractivity contribution in [1.29, 1.82) is 0 Å². The third-order valence-electron chi connectivity index (χ3n) is 4.33. The zero-order valence-corrected chi connectivity index (χ0v) is 13.6. The summed E-state index contributed by atoms with van der Waals surface area (Å²) in [4.78, 5) is 4.08. The summed E-state index contributed by atoms with van der Waals surface area (Å²) >= 11 is 1.88. The first-order chi connectivity index (χ1) is 9.58. The fourth-order valence-corrected chi connectivity index (χ4v) is 3.96. The van der Waals surface area contributed by atoms with Crippen LogP contribution in [0.3, 0.4) is 0 Å². The lowest BCUT2D eigenvalue weighted by molar-refractivity contribution is 0.0840. The molecule has 4 heteroatoms. The van der Waals surface area contributed by atoms with Crippen LogP contribution >= 0.6 is 11.3 Å². The third-order valence-corrected chi connectivity index (χ3v) is 5.30. The average molecular weight is 289 g/mol. The molecule has 3 heterocycles. The second-order valence-electron chi connectivity index (χ2n) is 5.98. The molecule has 2 aromatic heterocycles. The fraction of sp³-hybridized carbons (Fsp3) is 0.562. The summed E-state index contributed by atoms with van der Waals surface area (Å²) in [6.45, 7) is 11.0. The van der Waals surface area contributed by atoms with E-state index in [0.29, 0.717) is 12.1 Å². The van der Waals surface area contributed by atoms with Crippen LogP contribution in [0.1, 0.15) is 54.2 Å². The number of thiophene rings is 1. The molecule has 0 radical (unpaired) electrons. The lowest BCUT2D eigenvalue weighted by atomic mass is 9.99. The van der Waals surface area contributed by atoms with Crippen LogP contribution in [0.15, 0.2) is 17.5 Å². The van der Waals surface area contributed by atoms with Crippen LogP contribution < -0.4 is 0 Å². The molecule has 3 rings (SSSR count). The van der Waals surface area contributed by atoms with Gasteiger partial charge in [0.1, 0.15) is 0 Å². The van der Waals surface area contributed by atoms with Crippen LogP contribution in [0.4, 0.5) is 0 Å². The molecule has 2 aromatic rings. The van der Waals surface area contributed by atoms with Gasteiger partial charge in [0.2, 0.25) is 0 Å². The van der Waals surface area contributed by atoms with Gasteiger partial charge in [0.05, 0.1) is 5.69 Å². The highest BCUT2D eigenvalue weighted by molar-refractivity contribution is 7.10. The number of aromatic nitrogens is 2. The number of nitrogens with zero attached hydrogens (tertiary/aromatic N) is 3. The van der Waals surface area contributed by atoms with E-state index in [4.69, 9.17) is 5.10 Å². The van der Waals surface area contributed by atoms with E-state index in [1.54, 1.807) is 0 Å². The average Bonchev–Trinajstić information content (AvgIpc) is 2.95. The topological polar surface area (TPSA) is 21.1 Å². The van der Waals surface area contributed by atoms with Gasteiger partial charge in [-0.3, -0.25) is 9.58 Å². The number of aryl methyl sites for hydroxylation is 1. The molecule has 108 valence electrons. The van der Waals surface area contributed by atoms with Crippen molar-refractivity contribution < 1.29 is 0 Å². The maximum atomic E-state index is 4.70. The molecule has 0 N–H and O–H groups in total. The van der Waals surface area contributed by atoms with Gasteiger partial charge in [0, 0.05) is 41.3 Å². The van der Waals surface area contributed by atoms with Crippen LogP contribution in [0.5, 0.6) is 0 Å². The predicted molar refractivity (Wildman–Crippen MR) is 84.2 cm³/mol. The Morgan fingerprint density at radius 3 is 2.70 bits per heavy atom. The minimum Gasteiger partial charge on any atom is -0.291 e. The summed E-state index contributed by atoms with van der Waals surface area (Å²) in [5.41, 5.74) is 3.93. The molecule has 1 unspecified atom stereocenters. The third kappa shape index (κ3) is 2.31. The minimum atomic E-state index is 0.437. The Hall–Kier alpha value is -1.13. The molecule has 20 heavy (non-hydrogen) atoms. The van der Waals surface area contributed by atoms with Crippen molar-refractivity contribution in [2.75, 3.05) is 6.54 Å². The van der Waals surface area contributed by atoms with Crippen LogP contribution in [0.2, 0.25) is 0 Å². The quantitative estimate of drug-likeness (QED) is 0.845. The molecule has 1 aliphatic heterocycles. The second kappa shape index (κ2) is 5.34. The summed E-state index contributed by atoms with van der Waals surface area (Å²) < 4.78 is 2.16. The minimum absolute atomic E-state index is 0.437. The summed E-state index contributed by atoms with van der Waals surface area (Å²) in [7, 11) is 0. The van der Waals surface area contributed by atoms with Gasteiger partial charge in [0.15, 0.2) is 0 Å². The molecule has 0 amide bonds. The Balaban J connectivity index is 1.79. The van der Waals surface area contributed by atoms with Crippen molar-refractivity contribution >= 4 is 11.3 Å². The molecule has 1 atom stereocenters. The molecule has 0 saturated carbocycles. The molecule has 1 aliphatic rings. The highest BCUT2D eigenvalue weighted by atomic mass is 32.1. The van der Waals surface area contributed by atoms with Gasteiger partial charge in [0.25, 0.3) is 0 Å². The summed E-state index contributed by atoms with van der Waals surface area (Å²) in [5, 5.41) is 6.88. The van der Waals surface area contributed by atoms with Gasteiger partial charge >= 0.3 is 0 Å². The highest BCUT2D eigenvalue weighted by Crippen LogP contribution is 2.37. The molecular formula is C16H23N3S. The molecule has 0 aliphatic carbocycles. The lowest BCUT2D eigenvalue weighted by Gasteiger charge is -2.40. The Bertz CT molecular complexity index is 583. The van der Waals surface area contributed by atoms with E-state index in [1.807, 2.05) is 11.3 Å². The van der Waals surface area contributed by atoms with Crippen molar-refractivity contribution in [3.05, 3.63) is 39.3 Å². The molecule has 0 bridgehead atoms. The first-order valence-corrected chi connectivity index (χ1v) is 8.28. The Labute approximate surface area is 125 Å². The van der Waals surface area contributed by atoms with Crippen LogP contribution in [0, 0.1) is 13.8 Å². The molecule has 0 aromatic carbocycles. The van der Waals surface area contributed by atoms with E-state index in [0.717, 1.165) is 6.54 Å². The Kier molecular flexibility index (Phi) is 3.69. The van der Waals surface area contributed by atoms with Crippen molar-refractivity contribution in [2.45, 2.75) is 52.7 Å². The van der Waals surface area contributed by atoms with Gasteiger partial charge in [-0.15, -0.1) is 11.3 Å². The first-order valence-electron chi connectivity index (χ1n) is 7.40. The Morgan fingerprint density at radius 2 is 2.20 bits per heavy atom. The van der Waals surface area contributed by atoms with Gasteiger partial charge in [-0.2, -0.15) is 5.10 Å². The zero-order chi connectivity index (χ0) is 14.3. The molecular weight excluding hydrogens is 266 g/mol. The molecule has 0 spiro atoms. The highest BCUT2D eigenvalue weighted by Gasteiger charge is 2.31. The van der Waals surface area contributed by atoms with Gasteiger partial charge in [-0.1, -0.05) is 6.07 Å². The number of rotatable bonds is 4. The van der Waals surface area contributed by atoms with Crippen molar-refractivity contribution in [3.8, 4) is 0 Å². The van der Waals surface area contributed by atoms with E-state index < -0.39 is 0 Å². The second-order valence-corrected chi connectivity index (χ2v) is 6.96. The maximum Gasteiger partial charge on any atom is 0.0641 e. The van der Waals surface area contributed by atoms with Crippen molar-refractivity contribution in [2.24, 2.45) is 0 Å². The van der Waals surface area contributed by atoms with Crippen LogP contribution in [-0.2, 0) is 6.54 Å². The van der Waals surface area contributed by atoms with E-state index in [-0.39, 0.29) is 0 Å². The predicted octanol–water partition coefficient (Wildman–Crippen LogP) is 4.09. The number of hydrogen-bond acceptors (Lipinski definition) is 3. The SMILES string of the molecule is Cc1nn(C(C)C)c(C)c1CN1CCC1c1cccs1. The molecule has 3 nitrogen and oxygen atoms in total. The van der Waals surface area contributed by atoms with E-state index in [1.165, 1.54) is 34.8 Å². The number of hydrogen-bond donors (Lipinski definition) is 0. The standard InChI is InChI=1S/C16H23N3S/c1-11(2)19-13(4)14(12(3)17-19)10-18-8-7-15(18)16-6-5-9-20-16/h5-6,9,11,15H,7-8,10H2,1-4H3. The van der Waals surface area contributed by atoms with Crippen LogP contribution in [0.25, 0.3) is 0 Å². The lowest BCUT2D eigenvalue weighted by Crippen LogP contribution is -2.40. The van der Waals surface area contributed by atoms with Gasteiger partial charge in [-0.05, 0) is 45.6 Å². The van der Waals surface area contributed by atoms with Gasteiger partial charge < -0.3 is 0 Å². The zero-order valence-electron chi connectivity index (χ0n) is 12.8. The van der Waals surface area contributed by atoms with Crippen LogP contribution in [-0.4, -0.2) is 21.2 Å². The van der Waals surface area contributed by atoms with E-state index in [9.17, 15) is 0 Å². The smallest absolute Gasteiger partial charge is 0.0641 e. The van der Waals surface area contributed by atoms with Gasteiger partial charge in [-0.25, -0.2) is 0 Å². The normalized spacial score (nSPS) is 19.6. The molecule has 1 fully saturated rings. The monoisotopic (exact) mass is 289 g/mol. The maximum absolute atomic E-state index is 4.70. The number of likely N-dealkylation sites (tertiary alicyclic amines) is 1. The first kappa shape index (κ1) is 13.8. The van der Waals surface area contributed by atoms with Crippen molar-refractivity contribution in [3.63, 3.8) is 0 Å².